The van der Waals surface area contributed by atoms with E-state index in [1.165, 1.54) is 18.3 Å². The molecule has 0 aliphatic rings. The van der Waals surface area contributed by atoms with Gasteiger partial charge in [0, 0.05) is 6.21 Å². The van der Waals surface area contributed by atoms with Crippen LogP contribution in [-0.4, -0.2) is 21.2 Å². The van der Waals surface area contributed by atoms with Crippen LogP contribution in [0, 0.1) is 0 Å². The highest BCUT2D eigenvalue weighted by molar-refractivity contribution is 7.90. The molecule has 0 saturated carbocycles. The number of ether oxygens (including phenoxy) is 1. The second-order valence-corrected chi connectivity index (χ2v) is 7.13. The van der Waals surface area contributed by atoms with E-state index < -0.39 is 10.0 Å². The highest BCUT2D eigenvalue weighted by Gasteiger charge is 2.12. The monoisotopic (exact) mass is 371 g/mol. The minimum absolute atomic E-state index is 0.122. The average molecular weight is 372 g/mol. The molecule has 0 unspecified atom stereocenters. The number of hydrogen-bond acceptors (Lipinski definition) is 3. The van der Waals surface area contributed by atoms with Crippen molar-refractivity contribution in [2.75, 3.05) is 6.61 Å². The minimum atomic E-state index is -3.76. The van der Waals surface area contributed by atoms with Crippen LogP contribution in [0.1, 0.15) is 18.9 Å². The van der Waals surface area contributed by atoms with E-state index in [0.717, 1.165) is 6.42 Å². The standard InChI is InChI=1S/C16H15Cl2NO3S/c1-2-8-22-16-14(17)9-12(10-15(16)18)11-19-23(20,21)13-6-4-3-5-7-13/h3-7,9-11H,2,8H2,1H3/b19-11-. The predicted molar refractivity (Wildman–Crippen MR) is 93.5 cm³/mol. The zero-order valence-electron chi connectivity index (χ0n) is 12.4. The van der Waals surface area contributed by atoms with E-state index >= 15 is 0 Å². The third-order valence-corrected chi connectivity index (χ3v) is 4.67. The molecule has 7 heteroatoms. The van der Waals surface area contributed by atoms with Crippen molar-refractivity contribution in [2.24, 2.45) is 4.40 Å². The maximum atomic E-state index is 12.1. The number of sulfonamides is 1. The van der Waals surface area contributed by atoms with Crippen LogP contribution in [0.2, 0.25) is 10.0 Å². The Labute approximate surface area is 145 Å². The lowest BCUT2D eigenvalue weighted by Crippen LogP contribution is -1.99. The van der Waals surface area contributed by atoms with Crippen LogP contribution in [0.4, 0.5) is 0 Å². The SMILES string of the molecule is CCCOc1c(Cl)cc(/C=N\S(=O)(=O)c2ccccc2)cc1Cl. The van der Waals surface area contributed by atoms with Crippen molar-refractivity contribution in [2.45, 2.75) is 18.2 Å². The van der Waals surface area contributed by atoms with Crippen LogP contribution >= 0.6 is 23.2 Å². The Balaban J connectivity index is 2.27. The summed E-state index contributed by atoms with van der Waals surface area (Å²) in [5.41, 5.74) is 0.475. The Hall–Kier alpha value is -1.56. The van der Waals surface area contributed by atoms with Gasteiger partial charge in [-0.1, -0.05) is 48.3 Å². The fourth-order valence-electron chi connectivity index (χ4n) is 1.78. The van der Waals surface area contributed by atoms with Gasteiger partial charge in [0.1, 0.15) is 0 Å². The molecule has 0 atom stereocenters. The first-order valence-corrected chi connectivity index (χ1v) is 9.11. The normalized spacial score (nSPS) is 11.8. The summed E-state index contributed by atoms with van der Waals surface area (Å²) in [6.45, 7) is 2.46. The van der Waals surface area contributed by atoms with Crippen LogP contribution in [-0.2, 0) is 10.0 Å². The van der Waals surface area contributed by atoms with E-state index in [1.54, 1.807) is 30.3 Å². The largest absolute Gasteiger partial charge is 0.490 e. The van der Waals surface area contributed by atoms with Crippen molar-refractivity contribution in [1.29, 1.82) is 0 Å². The maximum Gasteiger partial charge on any atom is 0.282 e. The first kappa shape index (κ1) is 17.8. The van der Waals surface area contributed by atoms with E-state index in [-0.39, 0.29) is 4.90 Å². The first-order valence-electron chi connectivity index (χ1n) is 6.91. The van der Waals surface area contributed by atoms with Crippen LogP contribution in [0.15, 0.2) is 51.8 Å². The first-order chi connectivity index (χ1) is 10.9. The quantitative estimate of drug-likeness (QED) is 0.697. The molecule has 2 aromatic carbocycles. The van der Waals surface area contributed by atoms with Gasteiger partial charge < -0.3 is 4.74 Å². The molecule has 0 aromatic heterocycles. The van der Waals surface area contributed by atoms with Gasteiger partial charge in [0.2, 0.25) is 0 Å². The predicted octanol–water partition coefficient (Wildman–Crippen LogP) is 4.59. The number of nitrogens with zero attached hydrogens (tertiary/aromatic N) is 1. The second-order valence-electron chi connectivity index (χ2n) is 4.68. The van der Waals surface area contributed by atoms with Gasteiger partial charge in [-0.25, -0.2) is 0 Å². The molecule has 4 nitrogen and oxygen atoms in total. The van der Waals surface area contributed by atoms with E-state index in [4.69, 9.17) is 27.9 Å². The summed E-state index contributed by atoms with van der Waals surface area (Å²) < 4.78 is 33.3. The molecule has 0 fully saturated rings. The molecule has 0 heterocycles. The van der Waals surface area contributed by atoms with Crippen LogP contribution in [0.3, 0.4) is 0 Å². The van der Waals surface area contributed by atoms with Gasteiger partial charge in [0.05, 0.1) is 21.5 Å². The minimum Gasteiger partial charge on any atom is -0.490 e. The van der Waals surface area contributed by atoms with Crippen molar-refractivity contribution >= 4 is 39.4 Å². The van der Waals surface area contributed by atoms with Crippen molar-refractivity contribution in [3.8, 4) is 5.75 Å². The van der Waals surface area contributed by atoms with Gasteiger partial charge in [-0.15, -0.1) is 0 Å². The number of halogens is 2. The molecule has 0 aliphatic heterocycles. The third-order valence-electron chi connectivity index (χ3n) is 2.85. The van der Waals surface area contributed by atoms with Gasteiger partial charge in [-0.05, 0) is 36.2 Å². The second kappa shape index (κ2) is 7.81. The van der Waals surface area contributed by atoms with Crippen LogP contribution < -0.4 is 4.74 Å². The smallest absolute Gasteiger partial charge is 0.282 e. The Bertz CT molecular complexity index is 782. The molecule has 2 aromatic rings. The van der Waals surface area contributed by atoms with Gasteiger partial charge in [-0.3, -0.25) is 0 Å². The summed E-state index contributed by atoms with van der Waals surface area (Å²) >= 11 is 12.2. The van der Waals surface area contributed by atoms with E-state index in [9.17, 15) is 8.42 Å². The lowest BCUT2D eigenvalue weighted by Gasteiger charge is -2.09. The number of rotatable bonds is 6. The van der Waals surface area contributed by atoms with Gasteiger partial charge >= 0.3 is 0 Å². The zero-order valence-corrected chi connectivity index (χ0v) is 14.7. The maximum absolute atomic E-state index is 12.1. The highest BCUT2D eigenvalue weighted by atomic mass is 35.5. The fraction of sp³-hybridized carbons (Fsp3) is 0.188. The molecular weight excluding hydrogens is 357 g/mol. The fourth-order valence-corrected chi connectivity index (χ4v) is 3.28. The van der Waals surface area contributed by atoms with Gasteiger partial charge in [-0.2, -0.15) is 12.8 Å². The van der Waals surface area contributed by atoms with Crippen molar-refractivity contribution < 1.29 is 13.2 Å². The number of benzene rings is 2. The van der Waals surface area contributed by atoms with Crippen molar-refractivity contribution in [1.82, 2.24) is 0 Å². The van der Waals surface area contributed by atoms with Crippen molar-refractivity contribution in [3.05, 3.63) is 58.1 Å². The summed E-state index contributed by atoms with van der Waals surface area (Å²) in [5, 5.41) is 0.619. The molecule has 2 rings (SSSR count). The highest BCUT2D eigenvalue weighted by Crippen LogP contribution is 2.34. The molecule has 0 saturated heterocycles. The third kappa shape index (κ3) is 4.70. The zero-order chi connectivity index (χ0) is 16.9. The van der Waals surface area contributed by atoms with Crippen LogP contribution in [0.25, 0.3) is 0 Å². The van der Waals surface area contributed by atoms with Gasteiger partial charge in [0.25, 0.3) is 10.0 Å². The summed E-state index contributed by atoms with van der Waals surface area (Å²) in [5.74, 6) is 0.387. The Morgan fingerprint density at radius 1 is 1.13 bits per heavy atom. The topological polar surface area (TPSA) is 55.7 Å². The lowest BCUT2D eigenvalue weighted by atomic mass is 10.2. The van der Waals surface area contributed by atoms with E-state index in [1.807, 2.05) is 6.92 Å². The van der Waals surface area contributed by atoms with Crippen LogP contribution in [0.5, 0.6) is 5.75 Å². The van der Waals surface area contributed by atoms with Crippen molar-refractivity contribution in [3.63, 3.8) is 0 Å². The molecule has 0 spiro atoms. The molecule has 0 amide bonds. The van der Waals surface area contributed by atoms with E-state index in [0.29, 0.717) is 28.0 Å². The average Bonchev–Trinajstić information content (AvgIpc) is 2.53. The summed E-state index contributed by atoms with van der Waals surface area (Å²) in [6, 6.07) is 11.1. The molecule has 23 heavy (non-hydrogen) atoms. The Morgan fingerprint density at radius 3 is 2.30 bits per heavy atom. The van der Waals surface area contributed by atoms with Gasteiger partial charge in [0.15, 0.2) is 5.75 Å². The summed E-state index contributed by atoms with van der Waals surface area (Å²) in [7, 11) is -3.76. The van der Waals surface area contributed by atoms with E-state index in [2.05, 4.69) is 4.40 Å². The molecule has 0 N–H and O–H groups in total. The Morgan fingerprint density at radius 2 is 1.74 bits per heavy atom. The lowest BCUT2D eigenvalue weighted by molar-refractivity contribution is 0.318. The summed E-state index contributed by atoms with van der Waals surface area (Å²) in [6.07, 6.45) is 2.04. The summed E-state index contributed by atoms with van der Waals surface area (Å²) in [4.78, 5) is 0.122. The molecule has 122 valence electrons. The molecular formula is C16H15Cl2NO3S. The number of hydrogen-bond donors (Lipinski definition) is 0. The molecule has 0 bridgehead atoms. The molecule has 0 aliphatic carbocycles. The Kier molecular flexibility index (Phi) is 6.04. The molecule has 0 radical (unpaired) electrons.